The molecule has 1 atom stereocenters. The highest BCUT2D eigenvalue weighted by molar-refractivity contribution is 7.27. The molecule has 20 heavy (non-hydrogen) atoms. The van der Waals surface area contributed by atoms with Crippen LogP contribution in [0.1, 0.15) is 22.0 Å². The van der Waals surface area contributed by atoms with Crippen LogP contribution >= 0.6 is 22.7 Å². The Morgan fingerprint density at radius 1 is 1.15 bits per heavy atom. The molecule has 2 heterocycles. The lowest BCUT2D eigenvalue weighted by Crippen LogP contribution is -2.20. The van der Waals surface area contributed by atoms with Gasteiger partial charge in [0.1, 0.15) is 11.6 Å². The van der Waals surface area contributed by atoms with Crippen molar-refractivity contribution < 1.29 is 8.78 Å². The molecular weight excluding hydrogens is 296 g/mol. The Kier molecular flexibility index (Phi) is 3.58. The quantitative estimate of drug-likeness (QED) is 0.728. The third-order valence-electron chi connectivity index (χ3n) is 3.34. The van der Waals surface area contributed by atoms with E-state index in [4.69, 9.17) is 0 Å². The second-order valence-corrected chi connectivity index (χ2v) is 6.67. The molecule has 1 N–H and O–H groups in total. The highest BCUT2D eigenvalue weighted by Gasteiger charge is 2.23. The van der Waals surface area contributed by atoms with Crippen LogP contribution in [0, 0.1) is 18.6 Å². The van der Waals surface area contributed by atoms with Gasteiger partial charge in [-0.1, -0.05) is 6.07 Å². The Labute approximate surface area is 123 Å². The minimum absolute atomic E-state index is 0.0985. The summed E-state index contributed by atoms with van der Waals surface area (Å²) in [6, 6.07) is 6.37. The van der Waals surface area contributed by atoms with E-state index in [-0.39, 0.29) is 5.56 Å². The molecule has 104 valence electrons. The van der Waals surface area contributed by atoms with Crippen molar-refractivity contribution in [3.05, 3.63) is 57.3 Å². The summed E-state index contributed by atoms with van der Waals surface area (Å²) in [6.07, 6.45) is 0. The van der Waals surface area contributed by atoms with E-state index in [9.17, 15) is 8.78 Å². The van der Waals surface area contributed by atoms with Crippen LogP contribution in [0.3, 0.4) is 0 Å². The van der Waals surface area contributed by atoms with Gasteiger partial charge >= 0.3 is 0 Å². The van der Waals surface area contributed by atoms with Gasteiger partial charge in [-0.3, -0.25) is 0 Å². The van der Waals surface area contributed by atoms with Gasteiger partial charge in [0, 0.05) is 19.8 Å². The van der Waals surface area contributed by atoms with Gasteiger partial charge in [-0.05, 0) is 43.1 Å². The van der Waals surface area contributed by atoms with Gasteiger partial charge in [-0.25, -0.2) is 8.78 Å². The molecular formula is C15H13F2NS2. The van der Waals surface area contributed by atoms with Crippen molar-refractivity contribution in [1.29, 1.82) is 0 Å². The van der Waals surface area contributed by atoms with Crippen LogP contribution in [0.2, 0.25) is 0 Å². The average molecular weight is 309 g/mol. The van der Waals surface area contributed by atoms with Crippen molar-refractivity contribution in [2.24, 2.45) is 0 Å². The number of benzene rings is 1. The number of thiophene rings is 2. The Bertz CT molecular complexity index is 732. The SMILES string of the molecule is CNC(c1cc2sccc2s1)c1c(F)ccc(C)c1F. The van der Waals surface area contributed by atoms with Crippen molar-refractivity contribution in [3.8, 4) is 0 Å². The first-order valence-corrected chi connectivity index (χ1v) is 7.90. The molecule has 0 amide bonds. The summed E-state index contributed by atoms with van der Waals surface area (Å²) < 4.78 is 30.7. The third-order valence-corrected chi connectivity index (χ3v) is 5.50. The second kappa shape index (κ2) is 5.24. The first-order chi connectivity index (χ1) is 9.61. The van der Waals surface area contributed by atoms with Crippen molar-refractivity contribution in [2.75, 3.05) is 7.05 Å². The van der Waals surface area contributed by atoms with Crippen molar-refractivity contribution in [1.82, 2.24) is 5.32 Å². The van der Waals surface area contributed by atoms with E-state index in [1.807, 2.05) is 17.5 Å². The number of halogens is 2. The van der Waals surface area contributed by atoms with E-state index in [1.165, 1.54) is 12.1 Å². The molecule has 5 heteroatoms. The van der Waals surface area contributed by atoms with Crippen LogP contribution in [-0.2, 0) is 0 Å². The predicted octanol–water partition coefficient (Wildman–Crippen LogP) is 4.86. The van der Waals surface area contributed by atoms with Crippen LogP contribution in [0.5, 0.6) is 0 Å². The zero-order valence-corrected chi connectivity index (χ0v) is 12.7. The molecule has 0 radical (unpaired) electrons. The van der Waals surface area contributed by atoms with Gasteiger partial charge < -0.3 is 5.32 Å². The average Bonchev–Trinajstić information content (AvgIpc) is 3.00. The minimum atomic E-state index is -0.510. The molecule has 0 spiro atoms. The van der Waals surface area contributed by atoms with Crippen molar-refractivity contribution in [3.63, 3.8) is 0 Å². The first kappa shape index (κ1) is 13.7. The lowest BCUT2D eigenvalue weighted by molar-refractivity contribution is 0.520. The molecule has 0 fully saturated rings. The Hall–Kier alpha value is -1.30. The summed E-state index contributed by atoms with van der Waals surface area (Å²) in [7, 11) is 1.72. The zero-order valence-electron chi connectivity index (χ0n) is 11.0. The van der Waals surface area contributed by atoms with Gasteiger partial charge in [-0.15, -0.1) is 22.7 Å². The van der Waals surface area contributed by atoms with Crippen LogP contribution < -0.4 is 5.32 Å². The molecule has 1 aromatic carbocycles. The summed E-state index contributed by atoms with van der Waals surface area (Å²) >= 11 is 3.21. The van der Waals surface area contributed by atoms with E-state index >= 15 is 0 Å². The largest absolute Gasteiger partial charge is 0.308 e. The molecule has 0 aliphatic rings. The summed E-state index contributed by atoms with van der Waals surface area (Å²) in [5.74, 6) is -0.981. The van der Waals surface area contributed by atoms with Gasteiger partial charge in [-0.2, -0.15) is 0 Å². The van der Waals surface area contributed by atoms with E-state index in [0.717, 1.165) is 14.3 Å². The maximum atomic E-state index is 14.3. The van der Waals surface area contributed by atoms with E-state index in [1.54, 1.807) is 36.6 Å². The van der Waals surface area contributed by atoms with Gasteiger partial charge in [0.25, 0.3) is 0 Å². The smallest absolute Gasteiger partial charge is 0.134 e. The minimum Gasteiger partial charge on any atom is -0.308 e. The fourth-order valence-corrected chi connectivity index (χ4v) is 4.54. The summed E-state index contributed by atoms with van der Waals surface area (Å²) in [5, 5.41) is 5.05. The number of hydrogen-bond acceptors (Lipinski definition) is 3. The molecule has 0 bridgehead atoms. The fraction of sp³-hybridized carbons (Fsp3) is 0.200. The standard InChI is InChI=1S/C15H13F2NS2/c1-8-3-4-9(16)13(14(8)17)15(18-2)12-7-11-10(20-12)5-6-19-11/h3-7,15,18H,1-2H3. The van der Waals surface area contributed by atoms with Gasteiger partial charge in [0.2, 0.25) is 0 Å². The van der Waals surface area contributed by atoms with E-state index in [2.05, 4.69) is 5.32 Å². The molecule has 3 rings (SSSR count). The monoisotopic (exact) mass is 309 g/mol. The molecule has 3 aromatic rings. The number of aryl methyl sites for hydroxylation is 1. The molecule has 1 nitrogen and oxygen atoms in total. The Morgan fingerprint density at radius 2 is 1.95 bits per heavy atom. The number of fused-ring (bicyclic) bond motifs is 1. The zero-order chi connectivity index (χ0) is 14.3. The molecule has 2 aromatic heterocycles. The predicted molar refractivity (Wildman–Crippen MR) is 81.7 cm³/mol. The summed E-state index contributed by atoms with van der Waals surface area (Å²) in [5.41, 5.74) is 0.557. The number of hydrogen-bond donors (Lipinski definition) is 1. The summed E-state index contributed by atoms with van der Waals surface area (Å²) in [6.45, 7) is 1.65. The van der Waals surface area contributed by atoms with Crippen LogP contribution in [0.25, 0.3) is 9.40 Å². The number of nitrogens with one attached hydrogen (secondary N) is 1. The highest BCUT2D eigenvalue weighted by atomic mass is 32.1. The lowest BCUT2D eigenvalue weighted by atomic mass is 10.0. The van der Waals surface area contributed by atoms with E-state index in [0.29, 0.717) is 5.56 Å². The fourth-order valence-electron chi connectivity index (χ4n) is 2.30. The molecule has 0 aliphatic heterocycles. The maximum Gasteiger partial charge on any atom is 0.134 e. The first-order valence-electron chi connectivity index (χ1n) is 6.20. The third kappa shape index (κ3) is 2.16. The van der Waals surface area contributed by atoms with Crippen LogP contribution in [-0.4, -0.2) is 7.05 Å². The van der Waals surface area contributed by atoms with Crippen LogP contribution in [0.15, 0.2) is 29.6 Å². The normalized spacial score (nSPS) is 13.0. The molecule has 1 unspecified atom stereocenters. The molecule has 0 aliphatic carbocycles. The topological polar surface area (TPSA) is 12.0 Å². The lowest BCUT2D eigenvalue weighted by Gasteiger charge is -2.17. The summed E-state index contributed by atoms with van der Waals surface area (Å²) in [4.78, 5) is 0.928. The van der Waals surface area contributed by atoms with Gasteiger partial charge in [0.15, 0.2) is 0 Å². The van der Waals surface area contributed by atoms with Crippen molar-refractivity contribution >= 4 is 32.1 Å². The van der Waals surface area contributed by atoms with E-state index < -0.39 is 17.7 Å². The number of rotatable bonds is 3. The maximum absolute atomic E-state index is 14.3. The highest BCUT2D eigenvalue weighted by Crippen LogP contribution is 2.37. The van der Waals surface area contributed by atoms with Gasteiger partial charge in [0.05, 0.1) is 6.04 Å². The molecule has 0 saturated heterocycles. The Balaban J connectivity index is 2.15. The molecule has 0 saturated carbocycles. The van der Waals surface area contributed by atoms with Crippen molar-refractivity contribution in [2.45, 2.75) is 13.0 Å². The van der Waals surface area contributed by atoms with Crippen LogP contribution in [0.4, 0.5) is 8.78 Å². The Morgan fingerprint density at radius 3 is 2.65 bits per heavy atom. The second-order valence-electron chi connectivity index (χ2n) is 4.61.